The number of ether oxygens (including phenoxy) is 1. The van der Waals surface area contributed by atoms with E-state index < -0.39 is 6.09 Å². The second kappa shape index (κ2) is 9.77. The van der Waals surface area contributed by atoms with Gasteiger partial charge in [-0.2, -0.15) is 15.4 Å². The fourth-order valence-electron chi connectivity index (χ4n) is 3.01. The molecule has 2 aromatic carbocycles. The van der Waals surface area contributed by atoms with Gasteiger partial charge in [-0.3, -0.25) is 0 Å². The molecule has 2 N–H and O–H groups in total. The van der Waals surface area contributed by atoms with Crippen LogP contribution in [0, 0.1) is 11.6 Å². The van der Waals surface area contributed by atoms with E-state index in [1.807, 2.05) is 0 Å². The largest absolute Gasteiger partial charge is 0.443 e. The molecule has 0 spiro atoms. The lowest BCUT2D eigenvalue weighted by atomic mass is 10.1. The number of alkyl carbamates (subject to hydrolysis) is 1. The minimum Gasteiger partial charge on any atom is -0.443 e. The van der Waals surface area contributed by atoms with Gasteiger partial charge in [-0.05, 0) is 17.7 Å². The maximum absolute atomic E-state index is 13.9. The number of halogens is 2. The summed E-state index contributed by atoms with van der Waals surface area (Å²) in [4.78, 5) is 12.0. The van der Waals surface area contributed by atoms with Gasteiger partial charge in [-0.25, -0.2) is 18.3 Å². The van der Waals surface area contributed by atoms with Crippen LogP contribution in [0.1, 0.15) is 28.2 Å². The lowest BCUT2D eigenvalue weighted by Gasteiger charge is -2.06. The molecule has 9 nitrogen and oxygen atoms in total. The average molecular weight is 439 g/mol. The molecule has 0 fully saturated rings. The first-order valence-corrected chi connectivity index (χ1v) is 9.73. The second-order valence-electron chi connectivity index (χ2n) is 6.91. The molecule has 1 amide bonds. The Bertz CT molecular complexity index is 1210. The van der Waals surface area contributed by atoms with Crippen LogP contribution in [0.4, 0.5) is 13.6 Å². The van der Waals surface area contributed by atoms with Crippen LogP contribution in [-0.4, -0.2) is 36.5 Å². The molecule has 2 heterocycles. The highest BCUT2D eigenvalue weighted by Gasteiger charge is 2.13. The van der Waals surface area contributed by atoms with E-state index in [1.165, 1.54) is 16.8 Å². The molecule has 4 rings (SSSR count). The zero-order valence-electron chi connectivity index (χ0n) is 16.8. The van der Waals surface area contributed by atoms with Gasteiger partial charge in [-0.15, -0.1) is 5.10 Å². The van der Waals surface area contributed by atoms with Crippen molar-refractivity contribution in [1.82, 2.24) is 35.7 Å². The summed E-state index contributed by atoms with van der Waals surface area (Å²) in [6.45, 7) is 0.159. The first-order valence-electron chi connectivity index (χ1n) is 9.73. The number of aromatic amines is 1. The molecule has 11 heteroatoms. The smallest absolute Gasteiger partial charge is 0.407 e. The van der Waals surface area contributed by atoms with E-state index in [-0.39, 0.29) is 37.8 Å². The van der Waals surface area contributed by atoms with Crippen molar-refractivity contribution in [3.8, 4) is 0 Å². The Hall–Kier alpha value is -4.15. The number of carbonyl (C=O) groups excluding carboxylic acids is 1. The molecule has 2 aromatic heterocycles. The first kappa shape index (κ1) is 21.1. The molecule has 4 aromatic rings. The van der Waals surface area contributed by atoms with Crippen LogP contribution in [0.15, 0.2) is 54.7 Å². The third-order valence-corrected chi connectivity index (χ3v) is 4.65. The minimum atomic E-state index is -0.687. The van der Waals surface area contributed by atoms with E-state index in [9.17, 15) is 13.6 Å². The van der Waals surface area contributed by atoms with Gasteiger partial charge in [0.25, 0.3) is 0 Å². The Balaban J connectivity index is 1.26. The number of rotatable bonds is 8. The summed E-state index contributed by atoms with van der Waals surface area (Å²) in [5.74, 6) is -0.667. The normalized spacial score (nSPS) is 10.8. The SMILES string of the molecule is O=C(NCc1n[nH]nc1Cc1ccccc1F)OCc1cn(Cc2ccccc2F)nn1. The Labute approximate surface area is 181 Å². The first-order chi connectivity index (χ1) is 15.6. The molecule has 0 saturated heterocycles. The third-order valence-electron chi connectivity index (χ3n) is 4.65. The molecule has 32 heavy (non-hydrogen) atoms. The van der Waals surface area contributed by atoms with E-state index >= 15 is 0 Å². The summed E-state index contributed by atoms with van der Waals surface area (Å²) in [5, 5.41) is 20.9. The van der Waals surface area contributed by atoms with Gasteiger partial charge in [-0.1, -0.05) is 41.6 Å². The van der Waals surface area contributed by atoms with Gasteiger partial charge in [0.05, 0.1) is 25.0 Å². The Morgan fingerprint density at radius 2 is 1.69 bits per heavy atom. The van der Waals surface area contributed by atoms with Gasteiger partial charge >= 0.3 is 6.09 Å². The maximum Gasteiger partial charge on any atom is 0.407 e. The molecule has 0 radical (unpaired) electrons. The van der Waals surface area contributed by atoms with Gasteiger partial charge < -0.3 is 10.1 Å². The Morgan fingerprint density at radius 1 is 1.00 bits per heavy atom. The summed E-state index contributed by atoms with van der Waals surface area (Å²) in [6, 6.07) is 12.8. The number of nitrogens with zero attached hydrogens (tertiary/aromatic N) is 5. The molecule has 0 aliphatic rings. The van der Waals surface area contributed by atoms with Crippen LogP contribution in [-0.2, 0) is 30.9 Å². The van der Waals surface area contributed by atoms with Crippen molar-refractivity contribution < 1.29 is 18.3 Å². The van der Waals surface area contributed by atoms with E-state index in [2.05, 4.69) is 31.0 Å². The van der Waals surface area contributed by atoms with E-state index in [4.69, 9.17) is 4.74 Å². The highest BCUT2D eigenvalue weighted by atomic mass is 19.1. The van der Waals surface area contributed by atoms with Crippen LogP contribution in [0.2, 0.25) is 0 Å². The minimum absolute atomic E-state index is 0.0547. The topological polar surface area (TPSA) is 111 Å². The van der Waals surface area contributed by atoms with Crippen molar-refractivity contribution in [1.29, 1.82) is 0 Å². The summed E-state index contributed by atoms with van der Waals surface area (Å²) in [7, 11) is 0. The zero-order valence-corrected chi connectivity index (χ0v) is 16.8. The predicted octanol–water partition coefficient (Wildman–Crippen LogP) is 2.74. The number of H-pyrrole nitrogens is 1. The fourth-order valence-corrected chi connectivity index (χ4v) is 3.01. The standard InChI is InChI=1S/C21H19F2N7O2/c22-17-7-3-1-5-14(17)9-19-20(27-28-26-19)10-24-21(31)32-13-16-12-30(29-25-16)11-15-6-2-4-8-18(15)23/h1-8,12H,9-11,13H2,(H,24,31)(H,26,27,28). The van der Waals surface area contributed by atoms with Crippen LogP contribution < -0.4 is 5.32 Å². The van der Waals surface area contributed by atoms with Crippen molar-refractivity contribution in [3.63, 3.8) is 0 Å². The number of nitrogens with one attached hydrogen (secondary N) is 2. The van der Waals surface area contributed by atoms with Gasteiger partial charge in [0, 0.05) is 12.0 Å². The number of amides is 1. The molecule has 164 valence electrons. The quantitative estimate of drug-likeness (QED) is 0.437. The Kier molecular flexibility index (Phi) is 6.44. The van der Waals surface area contributed by atoms with Gasteiger partial charge in [0.15, 0.2) is 0 Å². The van der Waals surface area contributed by atoms with Crippen molar-refractivity contribution in [3.05, 3.63) is 94.6 Å². The predicted molar refractivity (Wildman–Crippen MR) is 108 cm³/mol. The molecule has 0 aliphatic heterocycles. The van der Waals surface area contributed by atoms with E-state index in [1.54, 1.807) is 42.6 Å². The second-order valence-corrected chi connectivity index (χ2v) is 6.91. The number of hydrogen-bond donors (Lipinski definition) is 2. The van der Waals surface area contributed by atoms with Crippen LogP contribution in [0.3, 0.4) is 0 Å². The lowest BCUT2D eigenvalue weighted by molar-refractivity contribution is 0.137. The lowest BCUT2D eigenvalue weighted by Crippen LogP contribution is -2.24. The summed E-state index contributed by atoms with van der Waals surface area (Å²) in [5.41, 5.74) is 2.36. The Morgan fingerprint density at radius 3 is 2.44 bits per heavy atom. The van der Waals surface area contributed by atoms with Crippen LogP contribution in [0.25, 0.3) is 0 Å². The summed E-state index contributed by atoms with van der Waals surface area (Å²) < 4.78 is 34.2. The molecule has 0 atom stereocenters. The number of benzene rings is 2. The number of carbonyl (C=O) groups is 1. The number of hydrogen-bond acceptors (Lipinski definition) is 6. The van der Waals surface area contributed by atoms with Gasteiger partial charge in [0.2, 0.25) is 0 Å². The van der Waals surface area contributed by atoms with Crippen molar-refractivity contribution in [2.75, 3.05) is 0 Å². The van der Waals surface area contributed by atoms with Crippen molar-refractivity contribution in [2.24, 2.45) is 0 Å². The van der Waals surface area contributed by atoms with E-state index in [0.29, 0.717) is 28.2 Å². The molecular weight excluding hydrogens is 420 g/mol. The van der Waals surface area contributed by atoms with Crippen LogP contribution >= 0.6 is 0 Å². The molecule has 0 aliphatic carbocycles. The van der Waals surface area contributed by atoms with E-state index in [0.717, 1.165) is 0 Å². The van der Waals surface area contributed by atoms with Gasteiger partial charge in [0.1, 0.15) is 29.6 Å². The third kappa shape index (κ3) is 5.31. The van der Waals surface area contributed by atoms with Crippen molar-refractivity contribution >= 4 is 6.09 Å². The maximum atomic E-state index is 13.9. The monoisotopic (exact) mass is 439 g/mol. The fraction of sp³-hybridized carbons (Fsp3) is 0.190. The highest BCUT2D eigenvalue weighted by Crippen LogP contribution is 2.13. The summed E-state index contributed by atoms with van der Waals surface area (Å²) in [6.07, 6.45) is 1.12. The molecule has 0 unspecified atom stereocenters. The average Bonchev–Trinajstić information content (AvgIpc) is 3.43. The number of aromatic nitrogens is 6. The zero-order chi connectivity index (χ0) is 22.3. The molecular formula is C21H19F2N7O2. The highest BCUT2D eigenvalue weighted by molar-refractivity contribution is 5.67. The molecule has 0 saturated carbocycles. The van der Waals surface area contributed by atoms with Crippen molar-refractivity contribution in [2.45, 2.75) is 26.1 Å². The van der Waals surface area contributed by atoms with Crippen LogP contribution in [0.5, 0.6) is 0 Å². The molecule has 0 bridgehead atoms. The summed E-state index contributed by atoms with van der Waals surface area (Å²) >= 11 is 0.